The number of nitrogens with one attached hydrogen (secondary N) is 1. The smallest absolute Gasteiger partial charge is 0.121 e. The summed E-state index contributed by atoms with van der Waals surface area (Å²) in [6, 6.07) is 5.23. The molecule has 90 valence electrons. The third-order valence-electron chi connectivity index (χ3n) is 3.38. The van der Waals surface area contributed by atoms with Crippen LogP contribution in [0.15, 0.2) is 16.5 Å². The van der Waals surface area contributed by atoms with Gasteiger partial charge in [-0.3, -0.25) is 4.90 Å². The molecule has 1 aromatic rings. The standard InChI is InChI=1S/C13H22N2O/c1-4-7-15(12-8-14-9-12)11(3)13-6-5-10(2)16-13/h5-6,11-12,14H,4,7-9H2,1-3H3. The van der Waals surface area contributed by atoms with Crippen molar-refractivity contribution in [3.63, 3.8) is 0 Å². The van der Waals surface area contributed by atoms with Gasteiger partial charge in [-0.1, -0.05) is 6.92 Å². The van der Waals surface area contributed by atoms with Crippen molar-refractivity contribution >= 4 is 0 Å². The number of aryl methyl sites for hydroxylation is 1. The first-order chi connectivity index (χ1) is 7.72. The molecule has 0 aliphatic carbocycles. The fourth-order valence-electron chi connectivity index (χ4n) is 2.30. The van der Waals surface area contributed by atoms with Crippen molar-refractivity contribution < 1.29 is 4.42 Å². The molecule has 3 heteroatoms. The SMILES string of the molecule is CCCN(C1CNC1)C(C)c1ccc(C)o1. The van der Waals surface area contributed by atoms with Crippen molar-refractivity contribution in [1.29, 1.82) is 0 Å². The zero-order chi connectivity index (χ0) is 11.5. The van der Waals surface area contributed by atoms with Crippen LogP contribution in [-0.4, -0.2) is 30.6 Å². The van der Waals surface area contributed by atoms with E-state index in [-0.39, 0.29) is 0 Å². The third-order valence-corrected chi connectivity index (χ3v) is 3.38. The normalized spacial score (nSPS) is 18.8. The maximum absolute atomic E-state index is 5.73. The Bertz CT molecular complexity index is 330. The molecule has 0 saturated carbocycles. The molecule has 1 aromatic heterocycles. The summed E-state index contributed by atoms with van der Waals surface area (Å²) in [5.74, 6) is 2.10. The molecule has 3 nitrogen and oxygen atoms in total. The predicted octanol–water partition coefficient (Wildman–Crippen LogP) is 2.33. The van der Waals surface area contributed by atoms with Crippen LogP contribution in [0, 0.1) is 6.92 Å². The monoisotopic (exact) mass is 222 g/mol. The molecule has 0 bridgehead atoms. The molecule has 1 saturated heterocycles. The van der Waals surface area contributed by atoms with Crippen LogP contribution in [-0.2, 0) is 0 Å². The highest BCUT2D eigenvalue weighted by Crippen LogP contribution is 2.25. The summed E-state index contributed by atoms with van der Waals surface area (Å²) in [7, 11) is 0. The summed E-state index contributed by atoms with van der Waals surface area (Å²) >= 11 is 0. The number of hydrogen-bond donors (Lipinski definition) is 1. The average molecular weight is 222 g/mol. The molecule has 2 rings (SSSR count). The van der Waals surface area contributed by atoms with Gasteiger partial charge in [0.15, 0.2) is 0 Å². The predicted molar refractivity (Wildman–Crippen MR) is 65.5 cm³/mol. The highest BCUT2D eigenvalue weighted by Gasteiger charge is 2.29. The summed E-state index contributed by atoms with van der Waals surface area (Å²) < 4.78 is 5.73. The Morgan fingerprint density at radius 2 is 2.25 bits per heavy atom. The van der Waals surface area contributed by atoms with Crippen LogP contribution >= 0.6 is 0 Å². The van der Waals surface area contributed by atoms with Crippen LogP contribution in [0.25, 0.3) is 0 Å². The number of rotatable bonds is 5. The highest BCUT2D eigenvalue weighted by atomic mass is 16.3. The average Bonchev–Trinajstić information content (AvgIpc) is 2.60. The molecule has 1 N–H and O–H groups in total. The van der Waals surface area contributed by atoms with E-state index in [1.807, 2.05) is 6.92 Å². The Labute approximate surface area is 97.8 Å². The molecule has 2 heterocycles. The van der Waals surface area contributed by atoms with Crippen molar-refractivity contribution in [2.24, 2.45) is 0 Å². The lowest BCUT2D eigenvalue weighted by molar-refractivity contribution is 0.0909. The fourth-order valence-corrected chi connectivity index (χ4v) is 2.30. The van der Waals surface area contributed by atoms with Crippen LogP contribution in [0.2, 0.25) is 0 Å². The minimum absolute atomic E-state index is 0.390. The van der Waals surface area contributed by atoms with E-state index in [0.29, 0.717) is 12.1 Å². The lowest BCUT2D eigenvalue weighted by Crippen LogP contribution is -2.57. The van der Waals surface area contributed by atoms with E-state index in [1.165, 1.54) is 6.42 Å². The summed E-state index contributed by atoms with van der Waals surface area (Å²) in [4.78, 5) is 2.55. The minimum atomic E-state index is 0.390. The quantitative estimate of drug-likeness (QED) is 0.829. The molecule has 1 atom stereocenters. The Morgan fingerprint density at radius 3 is 2.69 bits per heavy atom. The molecule has 16 heavy (non-hydrogen) atoms. The molecular weight excluding hydrogens is 200 g/mol. The van der Waals surface area contributed by atoms with Crippen LogP contribution < -0.4 is 5.32 Å². The van der Waals surface area contributed by atoms with E-state index in [2.05, 4.69) is 36.2 Å². The molecule has 0 amide bonds. The highest BCUT2D eigenvalue weighted by molar-refractivity contribution is 5.10. The maximum atomic E-state index is 5.73. The topological polar surface area (TPSA) is 28.4 Å². The fraction of sp³-hybridized carbons (Fsp3) is 0.692. The van der Waals surface area contributed by atoms with E-state index in [9.17, 15) is 0 Å². The van der Waals surface area contributed by atoms with Crippen LogP contribution in [0.4, 0.5) is 0 Å². The van der Waals surface area contributed by atoms with E-state index in [1.54, 1.807) is 0 Å². The van der Waals surface area contributed by atoms with Gasteiger partial charge < -0.3 is 9.73 Å². The zero-order valence-corrected chi connectivity index (χ0v) is 10.5. The summed E-state index contributed by atoms with van der Waals surface area (Å²) in [5.41, 5.74) is 0. The Morgan fingerprint density at radius 1 is 1.50 bits per heavy atom. The van der Waals surface area contributed by atoms with Crippen LogP contribution in [0.1, 0.15) is 37.8 Å². The Hall–Kier alpha value is -0.800. The van der Waals surface area contributed by atoms with E-state index < -0.39 is 0 Å². The van der Waals surface area contributed by atoms with Crippen LogP contribution in [0.5, 0.6) is 0 Å². The lowest BCUT2D eigenvalue weighted by Gasteiger charge is -2.41. The van der Waals surface area contributed by atoms with Gasteiger partial charge in [-0.25, -0.2) is 0 Å². The van der Waals surface area contributed by atoms with Crippen molar-refractivity contribution in [2.75, 3.05) is 19.6 Å². The summed E-state index contributed by atoms with van der Waals surface area (Å²) in [6.07, 6.45) is 1.19. The molecule has 1 aliphatic heterocycles. The molecule has 1 aliphatic rings. The third kappa shape index (κ3) is 2.30. The molecule has 1 unspecified atom stereocenters. The van der Waals surface area contributed by atoms with Crippen molar-refractivity contribution in [1.82, 2.24) is 10.2 Å². The van der Waals surface area contributed by atoms with Gasteiger partial charge in [-0.05, 0) is 38.9 Å². The molecule has 0 aromatic carbocycles. The zero-order valence-electron chi connectivity index (χ0n) is 10.5. The largest absolute Gasteiger partial charge is 0.465 e. The summed E-state index contributed by atoms with van der Waals surface area (Å²) in [6.45, 7) is 9.86. The van der Waals surface area contributed by atoms with Crippen molar-refractivity contribution in [2.45, 2.75) is 39.3 Å². The van der Waals surface area contributed by atoms with Crippen LogP contribution in [0.3, 0.4) is 0 Å². The van der Waals surface area contributed by atoms with Gasteiger partial charge in [0.25, 0.3) is 0 Å². The molecular formula is C13H22N2O. The minimum Gasteiger partial charge on any atom is -0.465 e. The Kier molecular flexibility index (Phi) is 3.66. The first-order valence-electron chi connectivity index (χ1n) is 6.25. The second-order valence-corrected chi connectivity index (χ2v) is 4.67. The summed E-state index contributed by atoms with van der Waals surface area (Å²) in [5, 5.41) is 3.34. The number of nitrogens with zero attached hydrogens (tertiary/aromatic N) is 1. The second-order valence-electron chi connectivity index (χ2n) is 4.67. The maximum Gasteiger partial charge on any atom is 0.121 e. The molecule has 0 spiro atoms. The first kappa shape index (κ1) is 11.7. The van der Waals surface area contributed by atoms with Gasteiger partial charge in [-0.15, -0.1) is 0 Å². The van der Waals surface area contributed by atoms with Crippen molar-refractivity contribution in [3.05, 3.63) is 23.7 Å². The van der Waals surface area contributed by atoms with Crippen molar-refractivity contribution in [3.8, 4) is 0 Å². The second kappa shape index (κ2) is 5.02. The lowest BCUT2D eigenvalue weighted by atomic mass is 10.1. The number of hydrogen-bond acceptors (Lipinski definition) is 3. The van der Waals surface area contributed by atoms with Gasteiger partial charge in [-0.2, -0.15) is 0 Å². The van der Waals surface area contributed by atoms with Gasteiger partial charge in [0.1, 0.15) is 11.5 Å². The van der Waals surface area contributed by atoms with E-state index in [4.69, 9.17) is 4.42 Å². The van der Waals surface area contributed by atoms with E-state index in [0.717, 1.165) is 31.2 Å². The Balaban J connectivity index is 2.06. The van der Waals surface area contributed by atoms with Gasteiger partial charge in [0, 0.05) is 19.1 Å². The van der Waals surface area contributed by atoms with E-state index >= 15 is 0 Å². The van der Waals surface area contributed by atoms with Gasteiger partial charge in [0.05, 0.1) is 6.04 Å². The molecule has 1 fully saturated rings. The molecule has 0 radical (unpaired) electrons. The van der Waals surface area contributed by atoms with Gasteiger partial charge in [0.2, 0.25) is 0 Å². The van der Waals surface area contributed by atoms with Gasteiger partial charge >= 0.3 is 0 Å². The first-order valence-corrected chi connectivity index (χ1v) is 6.25. The number of furan rings is 1.